The summed E-state index contributed by atoms with van der Waals surface area (Å²) in [6.45, 7) is 6.71. The molecule has 5 heteroatoms. The van der Waals surface area contributed by atoms with Gasteiger partial charge < -0.3 is 14.5 Å². The lowest BCUT2D eigenvalue weighted by molar-refractivity contribution is -0.135. The maximum Gasteiger partial charge on any atom is 0.227 e. The number of hydrogen-bond donors (Lipinski definition) is 0. The van der Waals surface area contributed by atoms with Crippen LogP contribution >= 0.6 is 0 Å². The fraction of sp³-hybridized carbons (Fsp3) is 0.700. The average Bonchev–Trinajstić information content (AvgIpc) is 3.45. The number of amides is 1. The van der Waals surface area contributed by atoms with Crippen LogP contribution in [0, 0.1) is 11.3 Å². The highest BCUT2D eigenvalue weighted by Crippen LogP contribution is 2.36. The first-order chi connectivity index (χ1) is 12.2. The van der Waals surface area contributed by atoms with Gasteiger partial charge in [0, 0.05) is 50.5 Å². The van der Waals surface area contributed by atoms with Crippen LogP contribution in [0.1, 0.15) is 31.2 Å². The summed E-state index contributed by atoms with van der Waals surface area (Å²) in [5, 5.41) is 0. The average molecular weight is 343 g/mol. The number of carbonyl (C=O) groups excluding carboxylic acids is 1. The third kappa shape index (κ3) is 4.39. The van der Waals surface area contributed by atoms with E-state index in [0.29, 0.717) is 6.42 Å². The molecule has 1 atom stereocenters. The number of ether oxygens (including phenoxy) is 1. The Bertz CT molecular complexity index is 590. The van der Waals surface area contributed by atoms with E-state index in [2.05, 4.69) is 14.8 Å². The highest BCUT2D eigenvalue weighted by Gasteiger charge is 2.41. The molecule has 5 nitrogen and oxygen atoms in total. The third-order valence-electron chi connectivity index (χ3n) is 5.85. The van der Waals surface area contributed by atoms with E-state index in [1.54, 1.807) is 12.4 Å². The third-order valence-corrected chi connectivity index (χ3v) is 5.85. The van der Waals surface area contributed by atoms with Gasteiger partial charge in [-0.25, -0.2) is 0 Å². The van der Waals surface area contributed by atoms with Gasteiger partial charge in [0.15, 0.2) is 0 Å². The Hall–Kier alpha value is -1.46. The van der Waals surface area contributed by atoms with Gasteiger partial charge in [0.05, 0.1) is 19.6 Å². The van der Waals surface area contributed by atoms with Crippen LogP contribution in [-0.2, 0) is 16.0 Å². The van der Waals surface area contributed by atoms with Crippen molar-refractivity contribution in [2.24, 2.45) is 11.3 Å². The lowest BCUT2D eigenvalue weighted by Crippen LogP contribution is -2.52. The number of hydrogen-bond acceptors (Lipinski definition) is 4. The van der Waals surface area contributed by atoms with Crippen LogP contribution in [0.4, 0.5) is 0 Å². The van der Waals surface area contributed by atoms with Gasteiger partial charge in [-0.1, -0.05) is 0 Å². The number of piperidine rings is 1. The Balaban J connectivity index is 1.40. The van der Waals surface area contributed by atoms with Gasteiger partial charge >= 0.3 is 0 Å². The lowest BCUT2D eigenvalue weighted by Gasteiger charge is -2.43. The van der Waals surface area contributed by atoms with Gasteiger partial charge in [-0.15, -0.1) is 0 Å². The Kier molecular flexibility index (Phi) is 5.04. The summed E-state index contributed by atoms with van der Waals surface area (Å²) in [4.78, 5) is 21.5. The second-order valence-electron chi connectivity index (χ2n) is 8.18. The molecule has 2 saturated heterocycles. The van der Waals surface area contributed by atoms with Crippen LogP contribution in [-0.4, -0.2) is 66.6 Å². The zero-order chi connectivity index (χ0) is 17.1. The molecule has 1 saturated carbocycles. The summed E-state index contributed by atoms with van der Waals surface area (Å²) in [5.74, 6) is 1.14. The van der Waals surface area contributed by atoms with Crippen molar-refractivity contribution < 1.29 is 9.53 Å². The fourth-order valence-electron chi connectivity index (χ4n) is 4.36. The number of likely N-dealkylation sites (tertiary alicyclic amines) is 1. The summed E-state index contributed by atoms with van der Waals surface area (Å²) in [6.07, 6.45) is 9.04. The molecular weight excluding hydrogens is 314 g/mol. The zero-order valence-corrected chi connectivity index (χ0v) is 15.0. The molecule has 1 aromatic heterocycles. The first-order valence-corrected chi connectivity index (χ1v) is 9.69. The van der Waals surface area contributed by atoms with Crippen LogP contribution < -0.4 is 0 Å². The minimum Gasteiger partial charge on any atom is -0.379 e. The Labute approximate surface area is 150 Å². The van der Waals surface area contributed by atoms with Gasteiger partial charge in [-0.2, -0.15) is 0 Å². The molecule has 1 aromatic rings. The van der Waals surface area contributed by atoms with Crippen molar-refractivity contribution >= 4 is 5.91 Å². The first-order valence-electron chi connectivity index (χ1n) is 9.69. The minimum atomic E-state index is 0.123. The molecule has 1 unspecified atom stereocenters. The summed E-state index contributed by atoms with van der Waals surface area (Å²) in [5.41, 5.74) is 1.17. The van der Waals surface area contributed by atoms with Crippen LogP contribution in [0.15, 0.2) is 24.5 Å². The molecule has 3 heterocycles. The second kappa shape index (κ2) is 7.42. The van der Waals surface area contributed by atoms with Crippen molar-refractivity contribution in [3.8, 4) is 0 Å². The topological polar surface area (TPSA) is 45.7 Å². The van der Waals surface area contributed by atoms with E-state index in [1.165, 1.54) is 25.8 Å². The van der Waals surface area contributed by atoms with Gasteiger partial charge in [-0.05, 0) is 49.3 Å². The van der Waals surface area contributed by atoms with Gasteiger partial charge in [0.1, 0.15) is 0 Å². The maximum absolute atomic E-state index is 12.8. The van der Waals surface area contributed by atoms with E-state index >= 15 is 0 Å². The molecule has 136 valence electrons. The van der Waals surface area contributed by atoms with Crippen LogP contribution in [0.3, 0.4) is 0 Å². The summed E-state index contributed by atoms with van der Waals surface area (Å²) in [6, 6.07) is 3.87. The van der Waals surface area contributed by atoms with Crippen LogP contribution in [0.5, 0.6) is 0 Å². The van der Waals surface area contributed by atoms with E-state index in [-0.39, 0.29) is 11.3 Å². The molecule has 2 aliphatic heterocycles. The molecular formula is C20H29N3O2. The molecule has 1 amide bonds. The van der Waals surface area contributed by atoms with E-state index in [1.807, 2.05) is 12.1 Å². The molecule has 3 fully saturated rings. The number of nitrogens with zero attached hydrogens (tertiary/aromatic N) is 3. The number of rotatable bonds is 4. The molecule has 25 heavy (non-hydrogen) atoms. The predicted molar refractivity (Wildman–Crippen MR) is 96.2 cm³/mol. The van der Waals surface area contributed by atoms with Crippen molar-refractivity contribution in [3.63, 3.8) is 0 Å². The van der Waals surface area contributed by atoms with Crippen molar-refractivity contribution in [2.75, 3.05) is 45.9 Å². The minimum absolute atomic E-state index is 0.123. The highest BCUT2D eigenvalue weighted by atomic mass is 16.5. The molecule has 0 bridgehead atoms. The molecule has 0 N–H and O–H groups in total. The van der Waals surface area contributed by atoms with Crippen molar-refractivity contribution in [1.29, 1.82) is 0 Å². The summed E-state index contributed by atoms with van der Waals surface area (Å²) < 4.78 is 5.98. The van der Waals surface area contributed by atoms with E-state index in [4.69, 9.17) is 4.74 Å². The quantitative estimate of drug-likeness (QED) is 0.839. The van der Waals surface area contributed by atoms with Gasteiger partial charge in [-0.3, -0.25) is 9.78 Å². The molecule has 4 rings (SSSR count). The number of aromatic nitrogens is 1. The summed E-state index contributed by atoms with van der Waals surface area (Å²) >= 11 is 0. The zero-order valence-electron chi connectivity index (χ0n) is 15.0. The molecule has 0 radical (unpaired) electrons. The summed E-state index contributed by atoms with van der Waals surface area (Å²) in [7, 11) is 0. The standard InChI is InChI=1S/C20H29N3O2/c24-19(12-17-4-7-21-8-5-17)23-9-1-6-20(15-23)14-22(10-11-25-16-20)13-18-2-3-18/h4-5,7-8,18H,1-3,6,9-16H2. The predicted octanol–water partition coefficient (Wildman–Crippen LogP) is 1.98. The number of carbonyl (C=O) groups is 1. The van der Waals surface area contributed by atoms with Crippen molar-refractivity contribution in [1.82, 2.24) is 14.8 Å². The smallest absolute Gasteiger partial charge is 0.227 e. The monoisotopic (exact) mass is 343 g/mol. The normalized spacial score (nSPS) is 28.1. The van der Waals surface area contributed by atoms with Gasteiger partial charge in [0.2, 0.25) is 5.91 Å². The van der Waals surface area contributed by atoms with E-state index in [9.17, 15) is 4.79 Å². The van der Waals surface area contributed by atoms with Crippen LogP contribution in [0.2, 0.25) is 0 Å². The molecule has 3 aliphatic rings. The van der Waals surface area contributed by atoms with Crippen LogP contribution in [0.25, 0.3) is 0 Å². The van der Waals surface area contributed by atoms with E-state index in [0.717, 1.165) is 57.3 Å². The molecule has 1 aliphatic carbocycles. The second-order valence-corrected chi connectivity index (χ2v) is 8.18. The first kappa shape index (κ1) is 17.0. The molecule has 0 aromatic carbocycles. The molecule has 1 spiro atoms. The SMILES string of the molecule is O=C(Cc1ccncc1)N1CCCC2(COCCN(CC3CC3)C2)C1. The Morgan fingerprint density at radius 3 is 2.88 bits per heavy atom. The Morgan fingerprint density at radius 2 is 2.08 bits per heavy atom. The lowest BCUT2D eigenvalue weighted by atomic mass is 9.80. The van der Waals surface area contributed by atoms with Gasteiger partial charge in [0.25, 0.3) is 0 Å². The number of pyridine rings is 1. The van der Waals surface area contributed by atoms with E-state index < -0.39 is 0 Å². The fourth-order valence-corrected chi connectivity index (χ4v) is 4.36. The largest absolute Gasteiger partial charge is 0.379 e. The van der Waals surface area contributed by atoms with Crippen molar-refractivity contribution in [2.45, 2.75) is 32.1 Å². The highest BCUT2D eigenvalue weighted by molar-refractivity contribution is 5.78. The maximum atomic E-state index is 12.8. The Morgan fingerprint density at radius 1 is 1.24 bits per heavy atom. The van der Waals surface area contributed by atoms with Crippen molar-refractivity contribution in [3.05, 3.63) is 30.1 Å².